The Hall–Kier alpha value is -3.59. The summed E-state index contributed by atoms with van der Waals surface area (Å²) >= 11 is 1.44. The van der Waals surface area contributed by atoms with Crippen molar-refractivity contribution >= 4 is 34.6 Å². The second-order valence-corrected chi connectivity index (χ2v) is 7.06. The number of amides is 1. The third-order valence-corrected chi connectivity index (χ3v) is 4.81. The van der Waals surface area contributed by atoms with Crippen molar-refractivity contribution in [1.82, 2.24) is 4.98 Å². The summed E-state index contributed by atoms with van der Waals surface area (Å²) in [6, 6.07) is 13.3. The lowest BCUT2D eigenvalue weighted by atomic mass is 10.1. The highest BCUT2D eigenvalue weighted by Crippen LogP contribution is 2.24. The molecule has 1 amide bonds. The van der Waals surface area contributed by atoms with E-state index in [9.17, 15) is 19.7 Å². The van der Waals surface area contributed by atoms with Gasteiger partial charge < -0.3 is 10.1 Å². The van der Waals surface area contributed by atoms with Gasteiger partial charge in [-0.1, -0.05) is 23.8 Å². The van der Waals surface area contributed by atoms with Crippen LogP contribution in [0.5, 0.6) is 0 Å². The van der Waals surface area contributed by atoms with Gasteiger partial charge in [-0.05, 0) is 25.1 Å². The summed E-state index contributed by atoms with van der Waals surface area (Å²) in [4.78, 5) is 38.4. The summed E-state index contributed by atoms with van der Waals surface area (Å²) in [5.41, 5.74) is 2.98. The molecule has 2 aromatic carbocycles. The SMILES string of the molecule is Cc1cccc(-c2nc(CC(=O)OCC(=O)Nc3ccc([N+](=O)[O-])cc3)cs2)c1. The molecule has 9 heteroatoms. The highest BCUT2D eigenvalue weighted by Gasteiger charge is 2.13. The van der Waals surface area contributed by atoms with Crippen LogP contribution in [0.2, 0.25) is 0 Å². The van der Waals surface area contributed by atoms with Gasteiger partial charge in [-0.15, -0.1) is 11.3 Å². The Morgan fingerprint density at radius 3 is 2.66 bits per heavy atom. The molecule has 0 atom stereocenters. The van der Waals surface area contributed by atoms with Crippen molar-refractivity contribution in [3.05, 3.63) is 75.3 Å². The number of hydrogen-bond acceptors (Lipinski definition) is 7. The zero-order valence-corrected chi connectivity index (χ0v) is 16.3. The van der Waals surface area contributed by atoms with E-state index in [-0.39, 0.29) is 12.1 Å². The molecule has 1 N–H and O–H groups in total. The first kappa shape index (κ1) is 20.2. The number of esters is 1. The molecule has 1 aromatic heterocycles. The fourth-order valence-electron chi connectivity index (χ4n) is 2.51. The van der Waals surface area contributed by atoms with Crippen molar-refractivity contribution < 1.29 is 19.2 Å². The van der Waals surface area contributed by atoms with Crippen LogP contribution in [0.4, 0.5) is 11.4 Å². The number of aromatic nitrogens is 1. The number of carbonyl (C=O) groups excluding carboxylic acids is 2. The molecule has 148 valence electrons. The molecule has 0 bridgehead atoms. The number of rotatable bonds is 7. The fraction of sp³-hybridized carbons (Fsp3) is 0.150. The summed E-state index contributed by atoms with van der Waals surface area (Å²) in [5, 5.41) is 15.7. The minimum Gasteiger partial charge on any atom is -0.455 e. The molecule has 0 fully saturated rings. The molecule has 0 aliphatic rings. The van der Waals surface area contributed by atoms with Gasteiger partial charge >= 0.3 is 5.97 Å². The van der Waals surface area contributed by atoms with Gasteiger partial charge in [-0.25, -0.2) is 4.98 Å². The Labute approximate surface area is 170 Å². The number of hydrogen-bond donors (Lipinski definition) is 1. The highest BCUT2D eigenvalue weighted by atomic mass is 32.1. The molecular formula is C20H17N3O5S. The van der Waals surface area contributed by atoms with E-state index in [4.69, 9.17) is 4.74 Å². The Kier molecular flexibility index (Phi) is 6.30. The maximum absolute atomic E-state index is 12.0. The monoisotopic (exact) mass is 411 g/mol. The number of aryl methyl sites for hydroxylation is 1. The Bertz CT molecular complexity index is 1050. The molecule has 29 heavy (non-hydrogen) atoms. The number of non-ortho nitro benzene ring substituents is 1. The molecule has 1 heterocycles. The van der Waals surface area contributed by atoms with Gasteiger partial charge in [0, 0.05) is 28.8 Å². The van der Waals surface area contributed by atoms with Crippen LogP contribution in [0.25, 0.3) is 10.6 Å². The lowest BCUT2D eigenvalue weighted by Crippen LogP contribution is -2.21. The Balaban J connectivity index is 1.48. The van der Waals surface area contributed by atoms with E-state index in [2.05, 4.69) is 10.3 Å². The molecule has 3 aromatic rings. The van der Waals surface area contributed by atoms with Crippen LogP contribution in [0.3, 0.4) is 0 Å². The third kappa shape index (κ3) is 5.69. The van der Waals surface area contributed by atoms with Crippen LogP contribution < -0.4 is 5.32 Å². The molecule has 0 spiro atoms. The van der Waals surface area contributed by atoms with Gasteiger partial charge in [0.15, 0.2) is 6.61 Å². The normalized spacial score (nSPS) is 10.4. The van der Waals surface area contributed by atoms with Gasteiger partial charge in [-0.3, -0.25) is 19.7 Å². The average Bonchev–Trinajstić information content (AvgIpc) is 3.15. The first-order valence-corrected chi connectivity index (χ1v) is 9.50. The number of ether oxygens (including phenoxy) is 1. The lowest BCUT2D eigenvalue weighted by molar-refractivity contribution is -0.384. The van der Waals surface area contributed by atoms with E-state index in [1.54, 1.807) is 5.38 Å². The molecule has 0 saturated carbocycles. The summed E-state index contributed by atoms with van der Waals surface area (Å²) in [6.45, 7) is 1.54. The standard InChI is InChI=1S/C20H17N3O5S/c1-13-3-2-4-14(9-13)20-22-16(12-29-20)10-19(25)28-11-18(24)21-15-5-7-17(8-6-15)23(26)27/h2-9,12H,10-11H2,1H3,(H,21,24). The van der Waals surface area contributed by atoms with Crippen molar-refractivity contribution in [2.75, 3.05) is 11.9 Å². The number of nitrogens with one attached hydrogen (secondary N) is 1. The predicted molar refractivity (Wildman–Crippen MR) is 109 cm³/mol. The van der Waals surface area contributed by atoms with Gasteiger partial charge in [0.25, 0.3) is 11.6 Å². The minimum absolute atomic E-state index is 0.0346. The van der Waals surface area contributed by atoms with Crippen LogP contribution in [-0.2, 0) is 20.7 Å². The largest absolute Gasteiger partial charge is 0.455 e. The number of thiazole rings is 1. The van der Waals surface area contributed by atoms with Crippen LogP contribution >= 0.6 is 11.3 Å². The van der Waals surface area contributed by atoms with E-state index < -0.39 is 23.4 Å². The van der Waals surface area contributed by atoms with Crippen LogP contribution in [0, 0.1) is 17.0 Å². The summed E-state index contributed by atoms with van der Waals surface area (Å²) in [7, 11) is 0. The maximum atomic E-state index is 12.0. The van der Waals surface area contributed by atoms with Crippen molar-refractivity contribution in [1.29, 1.82) is 0 Å². The van der Waals surface area contributed by atoms with Gasteiger partial charge in [0.1, 0.15) is 5.01 Å². The number of nitro benzene ring substituents is 1. The first-order valence-electron chi connectivity index (χ1n) is 8.62. The highest BCUT2D eigenvalue weighted by molar-refractivity contribution is 7.13. The van der Waals surface area contributed by atoms with Crippen molar-refractivity contribution in [2.24, 2.45) is 0 Å². The molecule has 0 aliphatic heterocycles. The van der Waals surface area contributed by atoms with E-state index in [0.29, 0.717) is 11.4 Å². The van der Waals surface area contributed by atoms with Crippen molar-refractivity contribution in [3.8, 4) is 10.6 Å². The minimum atomic E-state index is -0.565. The number of carbonyl (C=O) groups is 2. The van der Waals surface area contributed by atoms with Crippen LogP contribution in [0.15, 0.2) is 53.9 Å². The van der Waals surface area contributed by atoms with Crippen LogP contribution in [0.1, 0.15) is 11.3 Å². The Morgan fingerprint density at radius 2 is 1.97 bits per heavy atom. The second-order valence-electron chi connectivity index (χ2n) is 6.20. The smallest absolute Gasteiger partial charge is 0.312 e. The fourth-order valence-corrected chi connectivity index (χ4v) is 3.32. The van der Waals surface area contributed by atoms with E-state index in [1.165, 1.54) is 35.6 Å². The molecule has 0 saturated heterocycles. The van der Waals surface area contributed by atoms with E-state index >= 15 is 0 Å². The molecule has 0 radical (unpaired) electrons. The first-order chi connectivity index (χ1) is 13.9. The molecule has 3 rings (SSSR count). The van der Waals surface area contributed by atoms with E-state index in [1.807, 2.05) is 31.2 Å². The molecule has 0 aliphatic carbocycles. The zero-order chi connectivity index (χ0) is 20.8. The average molecular weight is 411 g/mol. The van der Waals surface area contributed by atoms with Crippen molar-refractivity contribution in [3.63, 3.8) is 0 Å². The summed E-state index contributed by atoms with van der Waals surface area (Å²) < 4.78 is 4.98. The quantitative estimate of drug-likeness (QED) is 0.360. The third-order valence-electron chi connectivity index (χ3n) is 3.87. The predicted octanol–water partition coefficient (Wildman–Crippen LogP) is 3.75. The molecule has 8 nitrogen and oxygen atoms in total. The second kappa shape index (κ2) is 9.07. The van der Waals surface area contributed by atoms with Crippen molar-refractivity contribution in [2.45, 2.75) is 13.3 Å². The van der Waals surface area contributed by atoms with Gasteiger partial charge in [0.2, 0.25) is 0 Å². The molecular weight excluding hydrogens is 394 g/mol. The summed E-state index contributed by atoms with van der Waals surface area (Å²) in [5.74, 6) is -1.10. The zero-order valence-electron chi connectivity index (χ0n) is 15.5. The van der Waals surface area contributed by atoms with Gasteiger partial charge in [-0.2, -0.15) is 0 Å². The lowest BCUT2D eigenvalue weighted by Gasteiger charge is -2.06. The number of nitro groups is 1. The Morgan fingerprint density at radius 1 is 1.21 bits per heavy atom. The maximum Gasteiger partial charge on any atom is 0.312 e. The van der Waals surface area contributed by atoms with E-state index in [0.717, 1.165) is 16.1 Å². The summed E-state index contributed by atoms with van der Waals surface area (Å²) in [6.07, 6.45) is -0.0346. The number of nitrogens with zero attached hydrogens (tertiary/aromatic N) is 2. The number of anilines is 1. The number of benzene rings is 2. The van der Waals surface area contributed by atoms with Crippen LogP contribution in [-0.4, -0.2) is 28.4 Å². The van der Waals surface area contributed by atoms with Gasteiger partial charge in [0.05, 0.1) is 17.0 Å². The topological polar surface area (TPSA) is 111 Å². The molecule has 0 unspecified atom stereocenters.